The summed E-state index contributed by atoms with van der Waals surface area (Å²) in [6.45, 7) is -3.49. The highest BCUT2D eigenvalue weighted by Crippen LogP contribution is 2.37. The lowest BCUT2D eigenvalue weighted by molar-refractivity contribution is -0.616. The van der Waals surface area contributed by atoms with Crippen LogP contribution in [-0.2, 0) is 36.5 Å². The largest absolute Gasteiger partial charge is 0.618 e. The number of alkyl halides is 2. The molecule has 0 spiro atoms. The lowest BCUT2D eigenvalue weighted by atomic mass is 9.99. The van der Waals surface area contributed by atoms with E-state index in [4.69, 9.17) is 9.47 Å². The number of benzene rings is 2. The van der Waals surface area contributed by atoms with E-state index in [0.717, 1.165) is 22.3 Å². The Balaban J connectivity index is 1.71. The maximum atomic E-state index is 13.9. The first-order chi connectivity index (χ1) is 19.4. The summed E-state index contributed by atoms with van der Waals surface area (Å²) >= 11 is 0.947. The van der Waals surface area contributed by atoms with E-state index in [0.29, 0.717) is 4.73 Å². The molecule has 1 amide bonds. The molecular formula is C27H27F2N3O7S2. The summed E-state index contributed by atoms with van der Waals surface area (Å²) in [5.74, 6) is -3.82. The van der Waals surface area contributed by atoms with Crippen molar-refractivity contribution in [3.8, 4) is 0 Å². The first-order valence-electron chi connectivity index (χ1n) is 12.3. The van der Waals surface area contributed by atoms with Crippen molar-refractivity contribution in [2.45, 2.75) is 29.1 Å². The third-order valence-electron chi connectivity index (χ3n) is 6.22. The molecule has 218 valence electrons. The molecular weight excluding hydrogens is 580 g/mol. The molecule has 0 N–H and O–H groups in total. The molecule has 2 heterocycles. The molecule has 1 aliphatic heterocycles. The van der Waals surface area contributed by atoms with E-state index >= 15 is 0 Å². The van der Waals surface area contributed by atoms with Crippen LogP contribution in [0.25, 0.3) is 0 Å². The van der Waals surface area contributed by atoms with Crippen LogP contribution in [0.1, 0.15) is 21.6 Å². The van der Waals surface area contributed by atoms with Gasteiger partial charge < -0.3 is 14.8 Å². The topological polar surface area (TPSA) is 120 Å². The van der Waals surface area contributed by atoms with E-state index in [1.165, 1.54) is 85.7 Å². The molecule has 0 saturated carbocycles. The fraction of sp³-hybridized carbons (Fsp3) is 0.296. The zero-order valence-corrected chi connectivity index (χ0v) is 23.7. The van der Waals surface area contributed by atoms with E-state index in [2.05, 4.69) is 0 Å². The number of pyridine rings is 1. The lowest BCUT2D eigenvalue weighted by Crippen LogP contribution is -2.47. The highest BCUT2D eigenvalue weighted by atomic mass is 32.2. The summed E-state index contributed by atoms with van der Waals surface area (Å²) in [7, 11) is -1.28. The van der Waals surface area contributed by atoms with Crippen LogP contribution in [0.5, 0.6) is 0 Å². The van der Waals surface area contributed by atoms with Crippen molar-refractivity contribution in [3.63, 3.8) is 0 Å². The minimum absolute atomic E-state index is 0.0183. The van der Waals surface area contributed by atoms with Crippen molar-refractivity contribution in [2.24, 2.45) is 0 Å². The molecule has 0 bridgehead atoms. The molecule has 1 aliphatic rings. The van der Waals surface area contributed by atoms with Gasteiger partial charge in [0.05, 0.1) is 4.90 Å². The SMILES string of the molecule is CN(C)C(=O)c1cccc(S(=O)(=O)N2CCS[C@H]2C(=O)OC(Cc2cccc[n+]2[O-])(OC(F)F)c2ccccc2)c1. The van der Waals surface area contributed by atoms with E-state index < -0.39 is 46.1 Å². The van der Waals surface area contributed by atoms with E-state index in [1.54, 1.807) is 6.07 Å². The molecule has 1 aromatic heterocycles. The summed E-state index contributed by atoms with van der Waals surface area (Å²) in [6, 6.07) is 17.2. The number of carbonyl (C=O) groups excluding carboxylic acids is 2. The number of amides is 1. The van der Waals surface area contributed by atoms with Gasteiger partial charge in [-0.3, -0.25) is 9.53 Å². The molecule has 41 heavy (non-hydrogen) atoms. The van der Waals surface area contributed by atoms with E-state index in [9.17, 15) is 32.0 Å². The predicted octanol–water partition coefficient (Wildman–Crippen LogP) is 2.96. The van der Waals surface area contributed by atoms with Crippen molar-refractivity contribution >= 4 is 33.7 Å². The standard InChI is InChI=1S/C27H27F2N3O7S2/c1-30(2)23(33)19-9-8-13-22(17-19)41(36,37)32-15-16-40-24(32)25(34)38-27(39-26(28)29,20-10-4-3-5-11-20)18-21-12-6-7-14-31(21)35/h3-14,17,24,26H,15-16,18H2,1-2H3/t24-,27?/m0/s1. The van der Waals surface area contributed by atoms with Gasteiger partial charge in [0.1, 0.15) is 6.42 Å². The van der Waals surface area contributed by atoms with Gasteiger partial charge in [-0.15, -0.1) is 11.8 Å². The van der Waals surface area contributed by atoms with E-state index in [1.807, 2.05) is 0 Å². The van der Waals surface area contributed by atoms with Crippen molar-refractivity contribution < 1.29 is 41.0 Å². The van der Waals surface area contributed by atoms with Gasteiger partial charge in [-0.1, -0.05) is 42.5 Å². The first-order valence-corrected chi connectivity index (χ1v) is 14.8. The number of halogens is 2. The van der Waals surface area contributed by atoms with Gasteiger partial charge in [0.15, 0.2) is 17.3 Å². The summed E-state index contributed by atoms with van der Waals surface area (Å²) in [4.78, 5) is 27.1. The van der Waals surface area contributed by atoms with Gasteiger partial charge in [0.2, 0.25) is 10.0 Å². The van der Waals surface area contributed by atoms with Gasteiger partial charge in [-0.2, -0.15) is 17.8 Å². The normalized spacial score (nSPS) is 17.2. The summed E-state index contributed by atoms with van der Waals surface area (Å²) in [5, 5.41) is 11.0. The number of ether oxygens (including phenoxy) is 2. The number of hydrogen-bond donors (Lipinski definition) is 0. The Kier molecular flexibility index (Phi) is 9.27. The molecule has 3 aromatic rings. The second-order valence-electron chi connectivity index (χ2n) is 9.18. The molecule has 1 unspecified atom stereocenters. The number of hydrogen-bond acceptors (Lipinski definition) is 8. The zero-order chi connectivity index (χ0) is 29.8. The van der Waals surface area contributed by atoms with Crippen LogP contribution < -0.4 is 4.73 Å². The third kappa shape index (κ3) is 6.67. The Morgan fingerprint density at radius 2 is 1.83 bits per heavy atom. The number of rotatable bonds is 10. The molecule has 0 radical (unpaired) electrons. The minimum Gasteiger partial charge on any atom is -0.618 e. The predicted molar refractivity (Wildman–Crippen MR) is 145 cm³/mol. The van der Waals surface area contributed by atoms with Crippen LogP contribution in [0, 0.1) is 5.21 Å². The van der Waals surface area contributed by atoms with Gasteiger partial charge in [-0.25, -0.2) is 13.2 Å². The highest BCUT2D eigenvalue weighted by Gasteiger charge is 2.48. The van der Waals surface area contributed by atoms with Gasteiger partial charge >= 0.3 is 12.6 Å². The number of esters is 1. The summed E-state index contributed by atoms with van der Waals surface area (Å²) in [6.07, 6.45) is 0.571. The Morgan fingerprint density at radius 1 is 1.12 bits per heavy atom. The molecule has 10 nitrogen and oxygen atoms in total. The number of carbonyl (C=O) groups is 2. The maximum Gasteiger partial charge on any atom is 0.348 e. The van der Waals surface area contributed by atoms with Gasteiger partial charge in [0.25, 0.3) is 11.7 Å². The molecule has 4 rings (SSSR count). The van der Waals surface area contributed by atoms with Crippen LogP contribution >= 0.6 is 11.8 Å². The Hall–Kier alpha value is -3.59. The molecule has 0 aliphatic carbocycles. The van der Waals surface area contributed by atoms with E-state index in [-0.39, 0.29) is 34.0 Å². The number of nitrogens with zero attached hydrogens (tertiary/aromatic N) is 3. The van der Waals surface area contributed by atoms with Crippen LogP contribution in [-0.4, -0.2) is 67.9 Å². The lowest BCUT2D eigenvalue weighted by Gasteiger charge is -2.34. The van der Waals surface area contributed by atoms with Gasteiger partial charge in [0, 0.05) is 49.7 Å². The second kappa shape index (κ2) is 12.5. The molecule has 14 heteroatoms. The monoisotopic (exact) mass is 607 g/mol. The van der Waals surface area contributed by atoms with Crippen LogP contribution in [0.3, 0.4) is 0 Å². The van der Waals surface area contributed by atoms with Crippen molar-refractivity contribution in [1.29, 1.82) is 0 Å². The van der Waals surface area contributed by atoms with Crippen LogP contribution in [0.2, 0.25) is 0 Å². The maximum absolute atomic E-state index is 13.9. The Bertz CT molecular complexity index is 1510. The Morgan fingerprint density at radius 3 is 2.49 bits per heavy atom. The summed E-state index contributed by atoms with van der Waals surface area (Å²) in [5.41, 5.74) is 0.116. The van der Waals surface area contributed by atoms with Crippen LogP contribution in [0.4, 0.5) is 8.78 Å². The molecule has 1 fully saturated rings. The minimum atomic E-state index is -4.33. The van der Waals surface area contributed by atoms with Crippen molar-refractivity contribution in [2.75, 3.05) is 26.4 Å². The molecule has 2 atom stereocenters. The third-order valence-corrected chi connectivity index (χ3v) is 9.40. The number of sulfonamides is 1. The van der Waals surface area contributed by atoms with Crippen molar-refractivity contribution in [1.82, 2.24) is 9.21 Å². The summed E-state index contributed by atoms with van der Waals surface area (Å²) < 4.78 is 66.9. The van der Waals surface area contributed by atoms with Crippen molar-refractivity contribution in [3.05, 3.63) is 101 Å². The number of thioether (sulfide) groups is 1. The number of aromatic nitrogens is 1. The molecule has 2 aromatic carbocycles. The first kappa shape index (κ1) is 30.4. The second-order valence-corrected chi connectivity index (χ2v) is 12.3. The Labute approximate surface area is 240 Å². The van der Waals surface area contributed by atoms with Gasteiger partial charge in [-0.05, 0) is 18.2 Å². The average Bonchev–Trinajstić information content (AvgIpc) is 3.45. The highest BCUT2D eigenvalue weighted by molar-refractivity contribution is 8.02. The fourth-order valence-electron chi connectivity index (χ4n) is 4.29. The fourth-order valence-corrected chi connectivity index (χ4v) is 7.37. The smallest absolute Gasteiger partial charge is 0.348 e. The van der Waals surface area contributed by atoms with Crippen LogP contribution in [0.15, 0.2) is 83.9 Å². The molecule has 1 saturated heterocycles. The zero-order valence-electron chi connectivity index (χ0n) is 22.1. The quantitative estimate of drug-likeness (QED) is 0.149. The average molecular weight is 608 g/mol.